The van der Waals surface area contributed by atoms with Crippen LogP contribution in [0, 0.1) is 0 Å². The van der Waals surface area contributed by atoms with Crippen LogP contribution < -0.4 is 4.74 Å². The molecule has 3 nitrogen and oxygen atoms in total. The van der Waals surface area contributed by atoms with Crippen LogP contribution >= 0.6 is 0 Å². The zero-order valence-electron chi connectivity index (χ0n) is 16.5. The molecule has 0 aliphatic rings. The van der Waals surface area contributed by atoms with Crippen LogP contribution in [0.4, 0.5) is 0 Å². The summed E-state index contributed by atoms with van der Waals surface area (Å²) in [7, 11) is 6.21. The normalized spacial score (nSPS) is 14.7. The molecule has 1 aromatic rings. The summed E-state index contributed by atoms with van der Waals surface area (Å²) in [6.07, 6.45) is -0.467. The first-order valence-corrected chi connectivity index (χ1v) is 8.46. The molecule has 0 aromatic heterocycles. The van der Waals surface area contributed by atoms with Gasteiger partial charge < -0.3 is 14.3 Å². The lowest BCUT2D eigenvalue weighted by atomic mass is 9.80. The molecule has 0 spiro atoms. The summed E-state index contributed by atoms with van der Waals surface area (Å²) < 4.78 is 6.70. The van der Waals surface area contributed by atoms with Gasteiger partial charge in [-0.3, -0.25) is 0 Å². The number of likely N-dealkylation sites (N-methyl/N-ethyl adjacent to an activating group) is 1. The molecule has 0 fully saturated rings. The molecule has 1 aromatic carbocycles. The molecular weight excluding hydrogens is 286 g/mol. The number of hydrogen-bond donors (Lipinski definition) is 1. The predicted molar refractivity (Wildman–Crippen MR) is 98.2 cm³/mol. The van der Waals surface area contributed by atoms with Crippen LogP contribution in [0.2, 0.25) is 0 Å². The largest absolute Gasteiger partial charge is 0.490 e. The number of aliphatic hydroxyl groups is 1. The van der Waals surface area contributed by atoms with E-state index in [0.717, 1.165) is 10.2 Å². The van der Waals surface area contributed by atoms with Crippen LogP contribution in [0.3, 0.4) is 0 Å². The number of nitrogens with zero attached hydrogens (tertiary/aromatic N) is 1. The summed E-state index contributed by atoms with van der Waals surface area (Å²) in [4.78, 5) is 0. The summed E-state index contributed by atoms with van der Waals surface area (Å²) in [5.41, 5.74) is 2.62. The van der Waals surface area contributed by atoms with Crippen molar-refractivity contribution in [2.45, 2.75) is 58.5 Å². The summed E-state index contributed by atoms with van der Waals surface area (Å²) >= 11 is 0. The van der Waals surface area contributed by atoms with E-state index < -0.39 is 6.10 Å². The molecule has 0 heterocycles. The number of aliphatic hydroxyl groups excluding tert-OH is 1. The molecule has 0 amide bonds. The third-order valence-electron chi connectivity index (χ3n) is 3.84. The van der Waals surface area contributed by atoms with Crippen molar-refractivity contribution in [1.29, 1.82) is 0 Å². The molecule has 0 aliphatic carbocycles. The van der Waals surface area contributed by atoms with Crippen molar-refractivity contribution in [3.63, 3.8) is 0 Å². The second-order valence-electron chi connectivity index (χ2n) is 9.65. The van der Waals surface area contributed by atoms with Crippen LogP contribution in [0.1, 0.15) is 52.7 Å². The lowest BCUT2D eigenvalue weighted by Gasteiger charge is -2.29. The molecule has 132 valence electrons. The van der Waals surface area contributed by atoms with E-state index in [0.29, 0.717) is 13.2 Å². The molecule has 0 saturated carbocycles. The van der Waals surface area contributed by atoms with E-state index in [2.05, 4.69) is 80.9 Å². The summed E-state index contributed by atoms with van der Waals surface area (Å²) in [6, 6.07) is 6.44. The van der Waals surface area contributed by atoms with Crippen molar-refractivity contribution in [1.82, 2.24) is 0 Å². The van der Waals surface area contributed by atoms with Gasteiger partial charge in [-0.15, -0.1) is 0 Å². The number of rotatable bonds is 5. The van der Waals surface area contributed by atoms with E-state index in [-0.39, 0.29) is 10.8 Å². The van der Waals surface area contributed by atoms with Gasteiger partial charge in [-0.25, -0.2) is 0 Å². The Kier molecular flexibility index (Phi) is 5.93. The van der Waals surface area contributed by atoms with Crippen molar-refractivity contribution < 1.29 is 14.3 Å². The van der Waals surface area contributed by atoms with E-state index in [4.69, 9.17) is 4.74 Å². The van der Waals surface area contributed by atoms with E-state index in [1.807, 2.05) is 0 Å². The molecular formula is C20H36NO2+. The Morgan fingerprint density at radius 1 is 1.00 bits per heavy atom. The number of quaternary nitrogens is 1. The molecule has 0 radical (unpaired) electrons. The van der Waals surface area contributed by atoms with Crippen LogP contribution in [0.5, 0.6) is 5.75 Å². The Hall–Kier alpha value is -1.06. The van der Waals surface area contributed by atoms with Crippen LogP contribution in [0.25, 0.3) is 0 Å². The zero-order chi connectivity index (χ0) is 18.1. The Labute approximate surface area is 142 Å². The Balaban J connectivity index is 2.98. The highest BCUT2D eigenvalue weighted by molar-refractivity contribution is 5.43. The summed E-state index contributed by atoms with van der Waals surface area (Å²) in [5.74, 6) is 0.881. The maximum atomic E-state index is 10.2. The number of benzene rings is 1. The van der Waals surface area contributed by atoms with E-state index in [1.54, 1.807) is 0 Å². The van der Waals surface area contributed by atoms with Gasteiger partial charge in [0.25, 0.3) is 0 Å². The molecule has 1 atom stereocenters. The Morgan fingerprint density at radius 3 is 2.00 bits per heavy atom. The van der Waals surface area contributed by atoms with Gasteiger partial charge in [0.15, 0.2) is 0 Å². The van der Waals surface area contributed by atoms with E-state index in [1.165, 1.54) is 11.1 Å². The second kappa shape index (κ2) is 6.82. The third-order valence-corrected chi connectivity index (χ3v) is 3.84. The predicted octanol–water partition coefficient (Wildman–Crippen LogP) is 3.73. The van der Waals surface area contributed by atoms with Gasteiger partial charge in [-0.2, -0.15) is 0 Å². The van der Waals surface area contributed by atoms with Gasteiger partial charge in [0.05, 0.1) is 21.1 Å². The Bertz CT molecular complexity index is 516. The molecule has 3 heteroatoms. The fraction of sp³-hybridized carbons (Fsp3) is 0.700. The molecule has 0 aliphatic heterocycles. The fourth-order valence-corrected chi connectivity index (χ4v) is 2.58. The lowest BCUT2D eigenvalue weighted by Crippen LogP contribution is -2.43. The molecule has 0 unspecified atom stereocenters. The maximum Gasteiger partial charge on any atom is 0.137 e. The summed E-state index contributed by atoms with van der Waals surface area (Å²) in [6.45, 7) is 14.3. The van der Waals surface area contributed by atoms with Crippen LogP contribution in [0.15, 0.2) is 18.2 Å². The topological polar surface area (TPSA) is 29.5 Å². The van der Waals surface area contributed by atoms with Gasteiger partial charge in [0.2, 0.25) is 0 Å². The van der Waals surface area contributed by atoms with Crippen molar-refractivity contribution in [2.24, 2.45) is 0 Å². The maximum absolute atomic E-state index is 10.2. The third kappa shape index (κ3) is 6.52. The molecule has 1 N–H and O–H groups in total. The van der Waals surface area contributed by atoms with Gasteiger partial charge in [-0.1, -0.05) is 53.7 Å². The highest BCUT2D eigenvalue weighted by Crippen LogP contribution is 2.35. The first-order valence-electron chi connectivity index (χ1n) is 8.46. The SMILES string of the molecule is CC(C)(C)c1ccc(OC[C@H](O)C[N+](C)(C)C)c(C(C)(C)C)c1. The average molecular weight is 323 g/mol. The highest BCUT2D eigenvalue weighted by Gasteiger charge is 2.24. The first kappa shape index (κ1) is 20.0. The molecule has 1 rings (SSSR count). The van der Waals surface area contributed by atoms with Crippen molar-refractivity contribution in [3.8, 4) is 5.75 Å². The molecule has 23 heavy (non-hydrogen) atoms. The lowest BCUT2D eigenvalue weighted by molar-refractivity contribution is -0.873. The van der Waals surface area contributed by atoms with E-state index in [9.17, 15) is 5.11 Å². The van der Waals surface area contributed by atoms with Gasteiger partial charge in [-0.05, 0) is 28.0 Å². The Morgan fingerprint density at radius 2 is 1.57 bits per heavy atom. The monoisotopic (exact) mass is 322 g/mol. The van der Waals surface area contributed by atoms with Gasteiger partial charge in [0, 0.05) is 0 Å². The molecule has 0 saturated heterocycles. The minimum Gasteiger partial charge on any atom is -0.490 e. The van der Waals surface area contributed by atoms with Crippen molar-refractivity contribution >= 4 is 0 Å². The average Bonchev–Trinajstić information content (AvgIpc) is 2.31. The minimum absolute atomic E-state index is 0.00162. The molecule has 0 bridgehead atoms. The number of hydrogen-bond acceptors (Lipinski definition) is 2. The number of ether oxygens (including phenoxy) is 1. The van der Waals surface area contributed by atoms with E-state index >= 15 is 0 Å². The minimum atomic E-state index is -0.467. The first-order chi connectivity index (χ1) is 10.2. The van der Waals surface area contributed by atoms with Gasteiger partial charge in [0.1, 0.15) is 25.0 Å². The smallest absolute Gasteiger partial charge is 0.137 e. The second-order valence-corrected chi connectivity index (χ2v) is 9.65. The van der Waals surface area contributed by atoms with Crippen molar-refractivity contribution in [3.05, 3.63) is 29.3 Å². The standard InChI is InChI=1S/C20H36NO2/c1-19(2,3)15-10-11-18(17(12-15)20(4,5)6)23-14-16(22)13-21(7,8)9/h10-12,16,22H,13-14H2,1-9H3/q+1/t16-/m1/s1. The van der Waals surface area contributed by atoms with Crippen LogP contribution in [-0.2, 0) is 10.8 Å². The quantitative estimate of drug-likeness (QED) is 0.837. The van der Waals surface area contributed by atoms with Crippen molar-refractivity contribution in [2.75, 3.05) is 34.3 Å². The zero-order valence-corrected chi connectivity index (χ0v) is 16.5. The van der Waals surface area contributed by atoms with Crippen LogP contribution in [-0.4, -0.2) is 50.0 Å². The van der Waals surface area contributed by atoms with Gasteiger partial charge >= 0.3 is 0 Å². The fourth-order valence-electron chi connectivity index (χ4n) is 2.58. The highest BCUT2D eigenvalue weighted by atomic mass is 16.5. The summed E-state index contributed by atoms with van der Waals surface area (Å²) in [5, 5.41) is 10.2.